The van der Waals surface area contributed by atoms with Crippen LogP contribution in [0.5, 0.6) is 0 Å². The number of amides is 1. The number of nitrogens with one attached hydrogen (secondary N) is 1. The molecule has 0 saturated carbocycles. The number of carbonyl (C=O) groups excluding carboxylic acids is 1. The van der Waals surface area contributed by atoms with Crippen LogP contribution in [0.25, 0.3) is 0 Å². The van der Waals surface area contributed by atoms with Crippen LogP contribution < -0.4 is 5.32 Å². The molecule has 0 aliphatic rings. The first kappa shape index (κ1) is 14.8. The Bertz CT molecular complexity index is 704. The molecule has 0 aliphatic carbocycles. The molecular formula is C15H16N2O4. The van der Waals surface area contributed by atoms with Crippen molar-refractivity contribution in [2.24, 2.45) is 0 Å². The van der Waals surface area contributed by atoms with E-state index in [-0.39, 0.29) is 18.1 Å². The van der Waals surface area contributed by atoms with Crippen molar-refractivity contribution in [2.45, 2.75) is 27.3 Å². The van der Waals surface area contributed by atoms with E-state index in [0.29, 0.717) is 22.6 Å². The summed E-state index contributed by atoms with van der Waals surface area (Å²) in [5.41, 5.74) is 2.02. The molecule has 2 rings (SSSR count). The average Bonchev–Trinajstić information content (AvgIpc) is 2.70. The molecule has 0 radical (unpaired) electrons. The van der Waals surface area contributed by atoms with Crippen LogP contribution in [0.1, 0.15) is 33.0 Å². The van der Waals surface area contributed by atoms with Crippen LogP contribution in [0, 0.1) is 30.9 Å². The Labute approximate surface area is 121 Å². The number of nitro groups is 1. The molecule has 1 aromatic carbocycles. The summed E-state index contributed by atoms with van der Waals surface area (Å²) >= 11 is 0. The van der Waals surface area contributed by atoms with E-state index < -0.39 is 4.92 Å². The van der Waals surface area contributed by atoms with Gasteiger partial charge in [0, 0.05) is 24.2 Å². The van der Waals surface area contributed by atoms with Crippen molar-refractivity contribution in [1.29, 1.82) is 0 Å². The summed E-state index contributed by atoms with van der Waals surface area (Å²) in [5.74, 6) is 1.04. The molecule has 1 heterocycles. The minimum atomic E-state index is -0.459. The summed E-state index contributed by atoms with van der Waals surface area (Å²) in [6, 6.07) is 6.19. The summed E-state index contributed by atoms with van der Waals surface area (Å²) in [6.45, 7) is 5.60. The standard InChI is InChI=1S/C15H16N2O4/c1-9-10(2)21-11(3)14(9)15(18)16-8-12-5-4-6-13(7-12)17(19)20/h4-7H,8H2,1-3H3,(H,16,18). The van der Waals surface area contributed by atoms with Gasteiger partial charge in [0.15, 0.2) is 0 Å². The molecule has 1 N–H and O–H groups in total. The number of nitrogens with zero attached hydrogens (tertiary/aromatic N) is 1. The number of aryl methyl sites for hydroxylation is 2. The van der Waals surface area contributed by atoms with Crippen molar-refractivity contribution in [3.8, 4) is 0 Å². The molecule has 2 aromatic rings. The topological polar surface area (TPSA) is 85.4 Å². The molecule has 0 saturated heterocycles. The monoisotopic (exact) mass is 288 g/mol. The van der Waals surface area contributed by atoms with Crippen LogP contribution in [0.4, 0.5) is 5.69 Å². The number of rotatable bonds is 4. The van der Waals surface area contributed by atoms with Gasteiger partial charge in [0.25, 0.3) is 11.6 Å². The van der Waals surface area contributed by atoms with Crippen LogP contribution in [0.3, 0.4) is 0 Å². The van der Waals surface area contributed by atoms with E-state index in [0.717, 1.165) is 5.56 Å². The second kappa shape index (κ2) is 5.78. The van der Waals surface area contributed by atoms with E-state index in [1.165, 1.54) is 12.1 Å². The van der Waals surface area contributed by atoms with E-state index in [1.54, 1.807) is 26.0 Å². The maximum Gasteiger partial charge on any atom is 0.269 e. The van der Waals surface area contributed by atoms with E-state index >= 15 is 0 Å². The van der Waals surface area contributed by atoms with E-state index in [1.807, 2.05) is 6.92 Å². The SMILES string of the molecule is Cc1oc(C)c(C(=O)NCc2cccc([N+](=O)[O-])c2)c1C. The van der Waals surface area contributed by atoms with Crippen molar-refractivity contribution >= 4 is 11.6 Å². The average molecular weight is 288 g/mol. The lowest BCUT2D eigenvalue weighted by Gasteiger charge is -2.05. The van der Waals surface area contributed by atoms with Crippen LogP contribution in [-0.4, -0.2) is 10.8 Å². The van der Waals surface area contributed by atoms with E-state index in [9.17, 15) is 14.9 Å². The lowest BCUT2D eigenvalue weighted by atomic mass is 10.1. The van der Waals surface area contributed by atoms with Gasteiger partial charge in [-0.25, -0.2) is 0 Å². The summed E-state index contributed by atoms with van der Waals surface area (Å²) in [6.07, 6.45) is 0. The first-order valence-electron chi connectivity index (χ1n) is 6.48. The molecule has 21 heavy (non-hydrogen) atoms. The number of furan rings is 1. The predicted octanol–water partition coefficient (Wildman–Crippen LogP) is 3.04. The number of carbonyl (C=O) groups is 1. The summed E-state index contributed by atoms with van der Waals surface area (Å²) in [4.78, 5) is 22.4. The van der Waals surface area contributed by atoms with Crippen molar-refractivity contribution in [1.82, 2.24) is 5.32 Å². The zero-order valence-corrected chi connectivity index (χ0v) is 12.1. The van der Waals surface area contributed by atoms with Crippen LogP contribution in [0.15, 0.2) is 28.7 Å². The Hall–Kier alpha value is -2.63. The summed E-state index contributed by atoms with van der Waals surface area (Å²) < 4.78 is 5.42. The van der Waals surface area contributed by atoms with Gasteiger partial charge < -0.3 is 9.73 Å². The van der Waals surface area contributed by atoms with Gasteiger partial charge in [-0.2, -0.15) is 0 Å². The highest BCUT2D eigenvalue weighted by Gasteiger charge is 2.18. The van der Waals surface area contributed by atoms with Gasteiger partial charge in [-0.3, -0.25) is 14.9 Å². The fourth-order valence-corrected chi connectivity index (χ4v) is 2.18. The maximum absolute atomic E-state index is 12.2. The maximum atomic E-state index is 12.2. The van der Waals surface area contributed by atoms with Crippen molar-refractivity contribution in [3.63, 3.8) is 0 Å². The lowest BCUT2D eigenvalue weighted by molar-refractivity contribution is -0.384. The third-order valence-corrected chi connectivity index (χ3v) is 3.36. The van der Waals surface area contributed by atoms with Gasteiger partial charge in [0.2, 0.25) is 0 Å². The van der Waals surface area contributed by atoms with Gasteiger partial charge in [-0.05, 0) is 26.3 Å². The molecule has 6 heteroatoms. The zero-order valence-electron chi connectivity index (χ0n) is 12.1. The minimum Gasteiger partial charge on any atom is -0.466 e. The molecule has 110 valence electrons. The third-order valence-electron chi connectivity index (χ3n) is 3.36. The Morgan fingerprint density at radius 2 is 2.00 bits per heavy atom. The minimum absolute atomic E-state index is 0.00765. The first-order valence-corrected chi connectivity index (χ1v) is 6.48. The molecule has 1 aromatic heterocycles. The first-order chi connectivity index (χ1) is 9.90. The number of nitro benzene ring substituents is 1. The molecule has 0 atom stereocenters. The molecule has 0 bridgehead atoms. The molecule has 0 unspecified atom stereocenters. The highest BCUT2D eigenvalue weighted by Crippen LogP contribution is 2.20. The third kappa shape index (κ3) is 3.10. The molecule has 0 spiro atoms. The van der Waals surface area contributed by atoms with Gasteiger partial charge in [-0.15, -0.1) is 0 Å². The normalized spacial score (nSPS) is 10.4. The van der Waals surface area contributed by atoms with Crippen molar-refractivity contribution in [2.75, 3.05) is 0 Å². The number of non-ortho nitro benzene ring substituents is 1. The van der Waals surface area contributed by atoms with Gasteiger partial charge in [-0.1, -0.05) is 12.1 Å². The molecule has 6 nitrogen and oxygen atoms in total. The van der Waals surface area contributed by atoms with Gasteiger partial charge in [0.05, 0.1) is 10.5 Å². The molecular weight excluding hydrogens is 272 g/mol. The van der Waals surface area contributed by atoms with Gasteiger partial charge >= 0.3 is 0 Å². The fourth-order valence-electron chi connectivity index (χ4n) is 2.18. The van der Waals surface area contributed by atoms with Crippen LogP contribution in [0.2, 0.25) is 0 Å². The Morgan fingerprint density at radius 1 is 1.29 bits per heavy atom. The van der Waals surface area contributed by atoms with E-state index in [2.05, 4.69) is 5.32 Å². The smallest absolute Gasteiger partial charge is 0.269 e. The quantitative estimate of drug-likeness (QED) is 0.692. The Balaban J connectivity index is 2.11. The molecule has 0 fully saturated rings. The zero-order chi connectivity index (χ0) is 15.6. The number of benzene rings is 1. The second-order valence-corrected chi connectivity index (χ2v) is 4.82. The predicted molar refractivity (Wildman–Crippen MR) is 77.2 cm³/mol. The highest BCUT2D eigenvalue weighted by atomic mass is 16.6. The molecule has 0 aliphatic heterocycles. The largest absolute Gasteiger partial charge is 0.466 e. The van der Waals surface area contributed by atoms with Crippen molar-refractivity contribution < 1.29 is 14.1 Å². The summed E-state index contributed by atoms with van der Waals surface area (Å²) in [7, 11) is 0. The van der Waals surface area contributed by atoms with E-state index in [4.69, 9.17) is 4.42 Å². The van der Waals surface area contributed by atoms with Gasteiger partial charge in [0.1, 0.15) is 11.5 Å². The number of hydrogen-bond donors (Lipinski definition) is 1. The number of hydrogen-bond acceptors (Lipinski definition) is 4. The highest BCUT2D eigenvalue weighted by molar-refractivity contribution is 5.96. The van der Waals surface area contributed by atoms with Crippen LogP contribution in [-0.2, 0) is 6.54 Å². The Kier molecular flexibility index (Phi) is 4.07. The molecule has 1 amide bonds. The Morgan fingerprint density at radius 3 is 2.57 bits per heavy atom. The fraction of sp³-hybridized carbons (Fsp3) is 0.267. The second-order valence-electron chi connectivity index (χ2n) is 4.82. The lowest BCUT2D eigenvalue weighted by Crippen LogP contribution is -2.23. The summed E-state index contributed by atoms with van der Waals surface area (Å²) in [5, 5.41) is 13.5. The van der Waals surface area contributed by atoms with Crippen molar-refractivity contribution in [3.05, 3.63) is 62.6 Å². The van der Waals surface area contributed by atoms with Crippen LogP contribution >= 0.6 is 0 Å².